The lowest BCUT2D eigenvalue weighted by molar-refractivity contribution is 0.869. The van der Waals surface area contributed by atoms with E-state index < -0.39 is 0 Å². The summed E-state index contributed by atoms with van der Waals surface area (Å²) in [5.74, 6) is 1.24. The van der Waals surface area contributed by atoms with Gasteiger partial charge in [0.1, 0.15) is 5.00 Å². The van der Waals surface area contributed by atoms with Gasteiger partial charge in [0.05, 0.1) is 0 Å². The highest BCUT2D eigenvalue weighted by Crippen LogP contribution is 2.39. The van der Waals surface area contributed by atoms with Gasteiger partial charge in [0, 0.05) is 17.0 Å². The Morgan fingerprint density at radius 2 is 1.93 bits per heavy atom. The maximum atomic E-state index is 4.69. The zero-order valence-corrected chi connectivity index (χ0v) is 10.1. The fourth-order valence-electron chi connectivity index (χ4n) is 1.64. The molecule has 0 radical (unpaired) electrons. The molecule has 0 fully saturated rings. The van der Waals surface area contributed by atoms with Gasteiger partial charge in [-0.05, 0) is 23.5 Å². The van der Waals surface area contributed by atoms with Crippen LogP contribution in [-0.4, -0.2) is 5.71 Å². The van der Waals surface area contributed by atoms with E-state index in [-0.39, 0.29) is 0 Å². The highest BCUT2D eigenvalue weighted by molar-refractivity contribution is 7.16. The van der Waals surface area contributed by atoms with Crippen LogP contribution in [0.25, 0.3) is 0 Å². The average Bonchev–Trinajstić information content (AvgIpc) is 2.57. The summed E-state index contributed by atoms with van der Waals surface area (Å²) in [6.45, 7) is 8.93. The van der Waals surface area contributed by atoms with Crippen molar-refractivity contribution in [3.63, 3.8) is 0 Å². The molecule has 0 aromatic carbocycles. The maximum absolute atomic E-state index is 4.69. The van der Waals surface area contributed by atoms with Gasteiger partial charge in [-0.2, -0.15) is 0 Å². The Hall–Kier alpha value is -0.630. The molecule has 1 aliphatic heterocycles. The average molecular weight is 207 g/mol. The van der Waals surface area contributed by atoms with Crippen LogP contribution >= 0.6 is 11.3 Å². The summed E-state index contributed by atoms with van der Waals surface area (Å²) in [5.41, 5.74) is 2.80. The second kappa shape index (κ2) is 3.50. The molecule has 0 amide bonds. The summed E-state index contributed by atoms with van der Waals surface area (Å²) < 4.78 is 0. The molecule has 0 aliphatic carbocycles. The highest BCUT2D eigenvalue weighted by atomic mass is 32.1. The van der Waals surface area contributed by atoms with Crippen LogP contribution in [0, 0.1) is 5.92 Å². The Kier molecular flexibility index (Phi) is 2.48. The van der Waals surface area contributed by atoms with Gasteiger partial charge in [-0.3, -0.25) is 0 Å². The van der Waals surface area contributed by atoms with Crippen molar-refractivity contribution in [2.75, 3.05) is 0 Å². The molecule has 76 valence electrons. The Balaban J connectivity index is 2.28. The summed E-state index contributed by atoms with van der Waals surface area (Å²) in [6, 6.07) is 2.34. The van der Waals surface area contributed by atoms with E-state index in [2.05, 4.69) is 38.8 Å². The first-order chi connectivity index (χ1) is 6.58. The van der Waals surface area contributed by atoms with Crippen molar-refractivity contribution in [1.82, 2.24) is 0 Å². The Bertz CT molecular complexity index is 372. The lowest BCUT2D eigenvalue weighted by Crippen LogP contribution is -2.06. The number of fused-ring (bicyclic) bond motifs is 1. The third-order valence-corrected chi connectivity index (χ3v) is 4.03. The van der Waals surface area contributed by atoms with Crippen LogP contribution < -0.4 is 0 Å². The summed E-state index contributed by atoms with van der Waals surface area (Å²) in [6.07, 6.45) is 1.08. The van der Waals surface area contributed by atoms with Crippen molar-refractivity contribution in [3.8, 4) is 0 Å². The largest absolute Gasteiger partial charge is 0.246 e. The van der Waals surface area contributed by atoms with Crippen LogP contribution in [-0.2, 0) is 6.42 Å². The van der Waals surface area contributed by atoms with E-state index in [1.165, 1.54) is 21.2 Å². The number of aliphatic imine (C=N–C) groups is 1. The van der Waals surface area contributed by atoms with Crippen molar-refractivity contribution < 1.29 is 0 Å². The molecule has 1 aliphatic rings. The molecular weight excluding hydrogens is 190 g/mol. The van der Waals surface area contributed by atoms with E-state index in [1.54, 1.807) is 0 Å². The Morgan fingerprint density at radius 1 is 1.21 bits per heavy atom. The zero-order valence-electron chi connectivity index (χ0n) is 9.29. The van der Waals surface area contributed by atoms with E-state index in [9.17, 15) is 0 Å². The SMILES string of the molecule is CC(C)C1=Nc2sc(C(C)C)cc2C1. The normalized spacial score (nSPS) is 15.1. The quantitative estimate of drug-likeness (QED) is 0.690. The fourth-order valence-corrected chi connectivity index (χ4v) is 2.73. The molecule has 1 nitrogen and oxygen atoms in total. The van der Waals surface area contributed by atoms with Crippen molar-refractivity contribution in [2.45, 2.75) is 40.0 Å². The predicted molar refractivity (Wildman–Crippen MR) is 64.0 cm³/mol. The molecule has 0 saturated heterocycles. The second-order valence-electron chi connectivity index (χ2n) is 4.57. The summed E-state index contributed by atoms with van der Waals surface area (Å²) in [5, 5.41) is 1.26. The van der Waals surface area contributed by atoms with Gasteiger partial charge in [-0.15, -0.1) is 11.3 Å². The molecule has 0 bridgehead atoms. The van der Waals surface area contributed by atoms with Crippen LogP contribution in [0.1, 0.15) is 44.1 Å². The number of hydrogen-bond acceptors (Lipinski definition) is 2. The molecule has 2 rings (SSSR count). The van der Waals surface area contributed by atoms with E-state index >= 15 is 0 Å². The molecular formula is C12H17NS. The second-order valence-corrected chi connectivity index (χ2v) is 5.63. The fraction of sp³-hybridized carbons (Fsp3) is 0.583. The minimum absolute atomic E-state index is 0.595. The number of rotatable bonds is 2. The number of hydrogen-bond donors (Lipinski definition) is 0. The molecule has 1 aromatic rings. The van der Waals surface area contributed by atoms with E-state index in [0.717, 1.165) is 6.42 Å². The molecule has 2 heteroatoms. The predicted octanol–water partition coefficient (Wildman–Crippen LogP) is 4.16. The summed E-state index contributed by atoms with van der Waals surface area (Å²) >= 11 is 1.86. The lowest BCUT2D eigenvalue weighted by Gasteiger charge is -2.03. The zero-order chi connectivity index (χ0) is 10.3. The number of nitrogens with zero attached hydrogens (tertiary/aromatic N) is 1. The molecule has 0 atom stereocenters. The Morgan fingerprint density at radius 3 is 2.43 bits per heavy atom. The van der Waals surface area contributed by atoms with Gasteiger partial charge in [-0.25, -0.2) is 4.99 Å². The third-order valence-electron chi connectivity index (χ3n) is 2.66. The van der Waals surface area contributed by atoms with Gasteiger partial charge in [0.25, 0.3) is 0 Å². The van der Waals surface area contributed by atoms with Gasteiger partial charge in [0.15, 0.2) is 0 Å². The molecule has 0 N–H and O–H groups in total. The van der Waals surface area contributed by atoms with Gasteiger partial charge >= 0.3 is 0 Å². The molecule has 2 heterocycles. The lowest BCUT2D eigenvalue weighted by atomic mass is 10.0. The maximum Gasteiger partial charge on any atom is 0.119 e. The van der Waals surface area contributed by atoms with Gasteiger partial charge in [-0.1, -0.05) is 27.7 Å². The molecule has 0 spiro atoms. The first kappa shape index (κ1) is 9.91. The van der Waals surface area contributed by atoms with Gasteiger partial charge in [0.2, 0.25) is 0 Å². The summed E-state index contributed by atoms with van der Waals surface area (Å²) in [7, 11) is 0. The molecule has 0 saturated carbocycles. The monoisotopic (exact) mass is 207 g/mol. The summed E-state index contributed by atoms with van der Waals surface area (Å²) in [4.78, 5) is 6.16. The smallest absolute Gasteiger partial charge is 0.119 e. The van der Waals surface area contributed by atoms with Crippen molar-refractivity contribution in [2.24, 2.45) is 10.9 Å². The number of thiophene rings is 1. The van der Waals surface area contributed by atoms with E-state index in [0.29, 0.717) is 11.8 Å². The standard InChI is InChI=1S/C12H17NS/c1-7(2)10-5-9-6-11(8(3)4)14-12(9)13-10/h6-8H,5H2,1-4H3. The van der Waals surface area contributed by atoms with Crippen LogP contribution in [0.15, 0.2) is 11.1 Å². The van der Waals surface area contributed by atoms with Crippen LogP contribution in [0.3, 0.4) is 0 Å². The van der Waals surface area contributed by atoms with Crippen LogP contribution in [0.4, 0.5) is 5.00 Å². The van der Waals surface area contributed by atoms with E-state index in [1.807, 2.05) is 11.3 Å². The van der Waals surface area contributed by atoms with Crippen LogP contribution in [0.5, 0.6) is 0 Å². The minimum Gasteiger partial charge on any atom is -0.246 e. The first-order valence-corrected chi connectivity index (χ1v) is 6.09. The van der Waals surface area contributed by atoms with Crippen molar-refractivity contribution in [3.05, 3.63) is 16.5 Å². The minimum atomic E-state index is 0.595. The van der Waals surface area contributed by atoms with Crippen LogP contribution in [0.2, 0.25) is 0 Å². The first-order valence-electron chi connectivity index (χ1n) is 5.28. The molecule has 14 heavy (non-hydrogen) atoms. The van der Waals surface area contributed by atoms with Gasteiger partial charge < -0.3 is 0 Å². The van der Waals surface area contributed by atoms with Crippen molar-refractivity contribution >= 4 is 22.0 Å². The highest BCUT2D eigenvalue weighted by Gasteiger charge is 2.20. The molecule has 1 aromatic heterocycles. The third kappa shape index (κ3) is 1.63. The molecule has 0 unspecified atom stereocenters. The Labute approximate surface area is 89.9 Å². The van der Waals surface area contributed by atoms with E-state index in [4.69, 9.17) is 0 Å². The topological polar surface area (TPSA) is 12.4 Å². The van der Waals surface area contributed by atoms with Crippen molar-refractivity contribution in [1.29, 1.82) is 0 Å².